The first kappa shape index (κ1) is 13.3. The van der Waals surface area contributed by atoms with Crippen LogP contribution in [0.2, 0.25) is 0 Å². The Morgan fingerprint density at radius 1 is 1.14 bits per heavy atom. The Labute approximate surface area is 125 Å². The van der Waals surface area contributed by atoms with Gasteiger partial charge >= 0.3 is 0 Å². The molecule has 3 fully saturated rings. The molecule has 2 unspecified atom stereocenters. The maximum atomic E-state index is 12.5. The summed E-state index contributed by atoms with van der Waals surface area (Å²) in [6.07, 6.45) is 12.0. The van der Waals surface area contributed by atoms with E-state index in [2.05, 4.69) is 22.2 Å². The molecule has 0 amide bonds. The van der Waals surface area contributed by atoms with Crippen LogP contribution >= 0.6 is 0 Å². The van der Waals surface area contributed by atoms with Crippen LogP contribution in [0.5, 0.6) is 0 Å². The van der Waals surface area contributed by atoms with Crippen LogP contribution in [0.1, 0.15) is 51.0 Å². The highest BCUT2D eigenvalue weighted by molar-refractivity contribution is 5.33. The zero-order chi connectivity index (χ0) is 14.4. The van der Waals surface area contributed by atoms with Crippen molar-refractivity contribution >= 4 is 5.82 Å². The Balaban J connectivity index is 1.51. The Kier molecular flexibility index (Phi) is 3.25. The van der Waals surface area contributed by atoms with Crippen LogP contribution in [0.15, 0.2) is 17.2 Å². The van der Waals surface area contributed by atoms with E-state index >= 15 is 0 Å². The summed E-state index contributed by atoms with van der Waals surface area (Å²) < 4.78 is 1.85. The first-order chi connectivity index (χ1) is 10.2. The zero-order valence-electron chi connectivity index (χ0n) is 12.7. The summed E-state index contributed by atoms with van der Waals surface area (Å²) in [5.41, 5.74) is 0.0593. The van der Waals surface area contributed by atoms with E-state index in [0.717, 1.165) is 25.7 Å². The van der Waals surface area contributed by atoms with Crippen molar-refractivity contribution in [2.24, 2.45) is 0 Å². The quantitative estimate of drug-likeness (QED) is 0.924. The molecule has 21 heavy (non-hydrogen) atoms. The van der Waals surface area contributed by atoms with Crippen LogP contribution in [-0.2, 0) is 0 Å². The lowest BCUT2D eigenvalue weighted by atomic mass is 9.82. The second-order valence-electron chi connectivity index (χ2n) is 6.94. The molecule has 2 atom stereocenters. The third kappa shape index (κ3) is 2.48. The van der Waals surface area contributed by atoms with Crippen molar-refractivity contribution in [1.82, 2.24) is 14.5 Å². The summed E-state index contributed by atoms with van der Waals surface area (Å²) in [6, 6.07) is 2.15. The molecule has 0 radical (unpaired) electrons. The van der Waals surface area contributed by atoms with Gasteiger partial charge in [0.05, 0.1) is 0 Å². The predicted octanol–water partition coefficient (Wildman–Crippen LogP) is 2.01. The first-order valence-electron chi connectivity index (χ1n) is 8.28. The summed E-state index contributed by atoms with van der Waals surface area (Å²) in [6.45, 7) is 0. The molecule has 3 aliphatic rings. The van der Waals surface area contributed by atoms with Crippen molar-refractivity contribution in [3.63, 3.8) is 0 Å². The lowest BCUT2D eigenvalue weighted by molar-refractivity contribution is 0.0607. The highest BCUT2D eigenvalue weighted by atomic mass is 16.1. The lowest BCUT2D eigenvalue weighted by Crippen LogP contribution is -2.53. The fraction of sp³-hybridized carbons (Fsp3) is 0.750. The molecule has 2 aliphatic heterocycles. The molecule has 1 aliphatic carbocycles. The fourth-order valence-corrected chi connectivity index (χ4v) is 4.09. The van der Waals surface area contributed by atoms with E-state index in [4.69, 9.17) is 0 Å². The van der Waals surface area contributed by atoms with Crippen molar-refractivity contribution < 1.29 is 0 Å². The van der Waals surface area contributed by atoms with E-state index in [1.807, 2.05) is 10.8 Å². The Morgan fingerprint density at radius 2 is 1.86 bits per heavy atom. The lowest BCUT2D eigenvalue weighted by Gasteiger charge is -2.47. The van der Waals surface area contributed by atoms with Crippen molar-refractivity contribution in [3.8, 4) is 0 Å². The second kappa shape index (κ2) is 5.13. The molecule has 3 heterocycles. The molecule has 5 heteroatoms. The van der Waals surface area contributed by atoms with Crippen LogP contribution in [0, 0.1) is 0 Å². The maximum absolute atomic E-state index is 12.5. The number of hydrogen-bond donors (Lipinski definition) is 1. The van der Waals surface area contributed by atoms with Gasteiger partial charge in [0.25, 0.3) is 5.56 Å². The Hall–Kier alpha value is -1.36. The van der Waals surface area contributed by atoms with Gasteiger partial charge in [-0.1, -0.05) is 6.42 Å². The van der Waals surface area contributed by atoms with Gasteiger partial charge in [0.1, 0.15) is 0 Å². The van der Waals surface area contributed by atoms with E-state index in [9.17, 15) is 4.79 Å². The molecule has 2 bridgehead atoms. The van der Waals surface area contributed by atoms with Gasteiger partial charge < -0.3 is 14.8 Å². The highest BCUT2D eigenvalue weighted by Gasteiger charge is 2.36. The predicted molar refractivity (Wildman–Crippen MR) is 82.6 cm³/mol. The minimum atomic E-state index is 0.0593. The normalized spacial score (nSPS) is 32.9. The van der Waals surface area contributed by atoms with Gasteiger partial charge in [-0.2, -0.15) is 0 Å². The smallest absolute Gasteiger partial charge is 0.293 e. The summed E-state index contributed by atoms with van der Waals surface area (Å²) in [4.78, 5) is 19.3. The van der Waals surface area contributed by atoms with Gasteiger partial charge in [0.2, 0.25) is 0 Å². The summed E-state index contributed by atoms with van der Waals surface area (Å²) in [5, 5.41) is 3.45. The van der Waals surface area contributed by atoms with Gasteiger partial charge in [0.15, 0.2) is 5.82 Å². The van der Waals surface area contributed by atoms with Crippen molar-refractivity contribution in [1.29, 1.82) is 0 Å². The molecule has 0 spiro atoms. The number of nitrogens with zero attached hydrogens (tertiary/aromatic N) is 3. The summed E-state index contributed by atoms with van der Waals surface area (Å²) in [7, 11) is 2.26. The molecule has 1 aromatic rings. The number of nitrogens with one attached hydrogen (secondary N) is 1. The minimum Gasteiger partial charge on any atom is -0.363 e. The summed E-state index contributed by atoms with van der Waals surface area (Å²) >= 11 is 0. The molecule has 114 valence electrons. The number of piperidine rings is 2. The number of aromatic nitrogens is 2. The standard InChI is InChI=1S/C16H24N4O/c1-19-13-3-2-4-14(19)10-11(9-13)18-15-16(21)20(8-7-17-15)12-5-6-12/h7-8,11-14H,2-6,9-10H2,1H3,(H,17,18). The zero-order valence-corrected chi connectivity index (χ0v) is 12.7. The molecule has 0 aromatic carbocycles. The Morgan fingerprint density at radius 3 is 2.52 bits per heavy atom. The molecule has 1 aromatic heterocycles. The minimum absolute atomic E-state index is 0.0593. The maximum Gasteiger partial charge on any atom is 0.293 e. The molecule has 1 N–H and O–H groups in total. The van der Waals surface area contributed by atoms with Gasteiger partial charge in [0, 0.05) is 36.6 Å². The van der Waals surface area contributed by atoms with E-state index in [1.165, 1.54) is 19.3 Å². The van der Waals surface area contributed by atoms with E-state index in [-0.39, 0.29) is 5.56 Å². The fourth-order valence-electron chi connectivity index (χ4n) is 4.09. The number of hydrogen-bond acceptors (Lipinski definition) is 4. The molecule has 2 saturated heterocycles. The molecular formula is C16H24N4O. The number of rotatable bonds is 3. The number of anilines is 1. The third-order valence-electron chi connectivity index (χ3n) is 5.49. The van der Waals surface area contributed by atoms with Crippen LogP contribution < -0.4 is 10.9 Å². The van der Waals surface area contributed by atoms with Crippen molar-refractivity contribution in [3.05, 3.63) is 22.7 Å². The van der Waals surface area contributed by atoms with Crippen LogP contribution in [-0.4, -0.2) is 39.6 Å². The largest absolute Gasteiger partial charge is 0.363 e. The molecular weight excluding hydrogens is 264 g/mol. The van der Waals surface area contributed by atoms with Gasteiger partial charge in [-0.3, -0.25) is 4.79 Å². The van der Waals surface area contributed by atoms with E-state index in [1.54, 1.807) is 6.20 Å². The monoisotopic (exact) mass is 288 g/mol. The third-order valence-corrected chi connectivity index (χ3v) is 5.49. The van der Waals surface area contributed by atoms with Gasteiger partial charge in [-0.15, -0.1) is 0 Å². The second-order valence-corrected chi connectivity index (χ2v) is 6.94. The van der Waals surface area contributed by atoms with Crippen LogP contribution in [0.4, 0.5) is 5.82 Å². The van der Waals surface area contributed by atoms with Crippen molar-refractivity contribution in [2.45, 2.75) is 69.1 Å². The molecule has 5 nitrogen and oxygen atoms in total. The first-order valence-corrected chi connectivity index (χ1v) is 8.28. The molecule has 4 rings (SSSR count). The topological polar surface area (TPSA) is 50.2 Å². The highest BCUT2D eigenvalue weighted by Crippen LogP contribution is 2.34. The van der Waals surface area contributed by atoms with Gasteiger partial charge in [-0.05, 0) is 45.6 Å². The summed E-state index contributed by atoms with van der Waals surface area (Å²) in [5.74, 6) is 0.553. The van der Waals surface area contributed by atoms with E-state index in [0.29, 0.717) is 30.0 Å². The molecule has 1 saturated carbocycles. The number of fused-ring (bicyclic) bond motifs is 2. The van der Waals surface area contributed by atoms with Crippen LogP contribution in [0.3, 0.4) is 0 Å². The van der Waals surface area contributed by atoms with Gasteiger partial charge in [-0.25, -0.2) is 4.98 Å². The SMILES string of the molecule is CN1C2CCCC1CC(Nc1nccn(C3CC3)c1=O)C2. The van der Waals surface area contributed by atoms with Crippen LogP contribution in [0.25, 0.3) is 0 Å². The Bertz CT molecular complexity index is 566. The average molecular weight is 288 g/mol. The van der Waals surface area contributed by atoms with E-state index < -0.39 is 0 Å². The average Bonchev–Trinajstić information content (AvgIpc) is 3.27. The van der Waals surface area contributed by atoms with Crippen molar-refractivity contribution in [2.75, 3.05) is 12.4 Å².